The van der Waals surface area contributed by atoms with Crippen LogP contribution in [0, 0.1) is 6.92 Å². The van der Waals surface area contributed by atoms with Gasteiger partial charge in [-0.15, -0.1) is 0 Å². The van der Waals surface area contributed by atoms with Crippen LogP contribution in [0.15, 0.2) is 30.5 Å². The maximum Gasteiger partial charge on any atom is 0.337 e. The lowest BCUT2D eigenvalue weighted by molar-refractivity contribution is -0.115. The van der Waals surface area contributed by atoms with E-state index in [0.717, 1.165) is 0 Å². The van der Waals surface area contributed by atoms with Crippen LogP contribution in [0.2, 0.25) is 5.02 Å². The minimum Gasteiger partial charge on any atom is -0.478 e. The molecule has 2 rings (SSSR count). The highest BCUT2D eigenvalue weighted by Crippen LogP contribution is 2.19. The lowest BCUT2D eigenvalue weighted by Crippen LogP contribution is -2.18. The van der Waals surface area contributed by atoms with E-state index >= 15 is 0 Å². The van der Waals surface area contributed by atoms with Gasteiger partial charge in [0.25, 0.3) is 0 Å². The van der Waals surface area contributed by atoms with Crippen molar-refractivity contribution in [3.05, 3.63) is 52.3 Å². The molecule has 1 amide bonds. The Morgan fingerprint density at radius 3 is 2.45 bits per heavy atom. The molecule has 0 aliphatic carbocycles. The first-order valence-corrected chi connectivity index (χ1v) is 7.27. The van der Waals surface area contributed by atoms with Gasteiger partial charge < -0.3 is 15.0 Å². The smallest absolute Gasteiger partial charge is 0.337 e. The zero-order valence-electron chi connectivity index (χ0n) is 12.4. The fourth-order valence-corrected chi connectivity index (χ4v) is 2.53. The number of rotatable bonds is 5. The van der Waals surface area contributed by atoms with Crippen molar-refractivity contribution < 1.29 is 14.7 Å². The van der Waals surface area contributed by atoms with E-state index in [0.29, 0.717) is 28.5 Å². The van der Waals surface area contributed by atoms with Gasteiger partial charge >= 0.3 is 5.97 Å². The fourth-order valence-electron chi connectivity index (χ4n) is 2.40. The number of nitrogens with zero attached hydrogens (tertiary/aromatic N) is 1. The Labute approximate surface area is 133 Å². The lowest BCUT2D eigenvalue weighted by atomic mass is 10.1. The van der Waals surface area contributed by atoms with Crippen molar-refractivity contribution in [1.29, 1.82) is 0 Å². The Bertz CT molecular complexity index is 705. The Morgan fingerprint density at radius 1 is 1.27 bits per heavy atom. The fraction of sp³-hybridized carbons (Fsp3) is 0.250. The Kier molecular flexibility index (Phi) is 4.88. The van der Waals surface area contributed by atoms with Crippen molar-refractivity contribution in [1.82, 2.24) is 4.57 Å². The first-order valence-electron chi connectivity index (χ1n) is 6.89. The van der Waals surface area contributed by atoms with E-state index in [1.807, 2.05) is 6.92 Å². The normalized spacial score (nSPS) is 10.5. The first-order chi connectivity index (χ1) is 10.4. The van der Waals surface area contributed by atoms with Crippen molar-refractivity contribution in [2.75, 3.05) is 5.32 Å². The molecule has 5 nitrogen and oxygen atoms in total. The molecule has 2 N–H and O–H groups in total. The third kappa shape index (κ3) is 3.49. The van der Waals surface area contributed by atoms with Gasteiger partial charge in [-0.1, -0.05) is 11.6 Å². The topological polar surface area (TPSA) is 71.3 Å². The number of aromatic nitrogens is 1. The monoisotopic (exact) mass is 320 g/mol. The Balaban J connectivity index is 2.21. The maximum absolute atomic E-state index is 12.2. The summed E-state index contributed by atoms with van der Waals surface area (Å²) >= 11 is 5.79. The molecule has 0 unspecified atom stereocenters. The van der Waals surface area contributed by atoms with Gasteiger partial charge in [-0.3, -0.25) is 4.79 Å². The molecule has 0 spiro atoms. The maximum atomic E-state index is 12.2. The lowest BCUT2D eigenvalue weighted by Gasteiger charge is -2.09. The minimum absolute atomic E-state index is 0.00589. The quantitative estimate of drug-likeness (QED) is 0.887. The number of benzene rings is 1. The van der Waals surface area contributed by atoms with E-state index in [4.69, 9.17) is 11.6 Å². The van der Waals surface area contributed by atoms with Gasteiger partial charge in [-0.25, -0.2) is 4.79 Å². The van der Waals surface area contributed by atoms with Gasteiger partial charge in [0.1, 0.15) is 0 Å². The molecule has 0 saturated carbocycles. The van der Waals surface area contributed by atoms with Crippen LogP contribution < -0.4 is 5.32 Å². The summed E-state index contributed by atoms with van der Waals surface area (Å²) in [6, 6.07) is 6.75. The molecule has 0 fully saturated rings. The highest BCUT2D eigenvalue weighted by molar-refractivity contribution is 6.30. The standard InChI is InChI=1S/C16H17ClN2O3/c1-3-19-9-10(2)15(16(21)22)13(19)8-14(20)18-12-6-4-11(17)5-7-12/h4-7,9H,3,8H2,1-2H3,(H,18,20)(H,21,22). The highest BCUT2D eigenvalue weighted by Gasteiger charge is 2.20. The summed E-state index contributed by atoms with van der Waals surface area (Å²) in [5, 5.41) is 12.7. The van der Waals surface area contributed by atoms with Gasteiger partial charge in [0.15, 0.2) is 0 Å². The molecular weight excluding hydrogens is 304 g/mol. The zero-order valence-corrected chi connectivity index (χ0v) is 13.1. The Morgan fingerprint density at radius 2 is 1.91 bits per heavy atom. The van der Waals surface area contributed by atoms with Crippen LogP contribution in [0.3, 0.4) is 0 Å². The molecule has 6 heteroatoms. The summed E-state index contributed by atoms with van der Waals surface area (Å²) in [6.07, 6.45) is 1.76. The van der Waals surface area contributed by atoms with Crippen LogP contribution in [0.1, 0.15) is 28.5 Å². The largest absolute Gasteiger partial charge is 0.478 e. The summed E-state index contributed by atoms with van der Waals surface area (Å²) in [4.78, 5) is 23.6. The van der Waals surface area contributed by atoms with Gasteiger partial charge in [0.05, 0.1) is 12.0 Å². The number of halogens is 1. The van der Waals surface area contributed by atoms with Gasteiger partial charge in [0, 0.05) is 29.1 Å². The number of aromatic carboxylic acids is 1. The predicted molar refractivity (Wildman–Crippen MR) is 85.6 cm³/mol. The van der Waals surface area contributed by atoms with Gasteiger partial charge in [-0.2, -0.15) is 0 Å². The van der Waals surface area contributed by atoms with Crippen LogP contribution in [0.5, 0.6) is 0 Å². The number of aryl methyl sites for hydroxylation is 2. The SMILES string of the molecule is CCn1cc(C)c(C(=O)O)c1CC(=O)Nc1ccc(Cl)cc1. The number of carboxylic acids is 1. The zero-order chi connectivity index (χ0) is 16.3. The number of carbonyl (C=O) groups excluding carboxylic acids is 1. The van der Waals surface area contributed by atoms with Crippen LogP contribution in [-0.4, -0.2) is 21.6 Å². The molecule has 1 aromatic heterocycles. The molecule has 0 aliphatic rings. The molecule has 116 valence electrons. The molecule has 1 heterocycles. The molecule has 22 heavy (non-hydrogen) atoms. The highest BCUT2D eigenvalue weighted by atomic mass is 35.5. The summed E-state index contributed by atoms with van der Waals surface area (Å²) in [6.45, 7) is 4.25. The Hall–Kier alpha value is -2.27. The second kappa shape index (κ2) is 6.66. The van der Waals surface area contributed by atoms with Crippen LogP contribution in [0.25, 0.3) is 0 Å². The number of anilines is 1. The number of amides is 1. The minimum atomic E-state index is -1.01. The van der Waals surface area contributed by atoms with E-state index < -0.39 is 5.97 Å². The van der Waals surface area contributed by atoms with E-state index in [9.17, 15) is 14.7 Å². The van der Waals surface area contributed by atoms with Crippen molar-refractivity contribution in [2.24, 2.45) is 0 Å². The van der Waals surface area contributed by atoms with Gasteiger partial charge in [0.2, 0.25) is 5.91 Å². The summed E-state index contributed by atoms with van der Waals surface area (Å²) in [5.41, 5.74) is 1.99. The molecule has 0 bridgehead atoms. The van der Waals surface area contributed by atoms with E-state index in [1.54, 1.807) is 42.0 Å². The van der Waals surface area contributed by atoms with E-state index in [-0.39, 0.29) is 17.9 Å². The number of hydrogen-bond donors (Lipinski definition) is 2. The van der Waals surface area contributed by atoms with Crippen molar-refractivity contribution in [3.8, 4) is 0 Å². The molecule has 0 saturated heterocycles. The van der Waals surface area contributed by atoms with Crippen molar-refractivity contribution in [3.63, 3.8) is 0 Å². The second-order valence-electron chi connectivity index (χ2n) is 4.96. The average Bonchev–Trinajstić information content (AvgIpc) is 2.77. The number of hydrogen-bond acceptors (Lipinski definition) is 2. The number of nitrogens with one attached hydrogen (secondary N) is 1. The van der Waals surface area contributed by atoms with Crippen LogP contribution in [0.4, 0.5) is 5.69 Å². The molecule has 0 radical (unpaired) electrons. The average molecular weight is 321 g/mol. The molecule has 1 aromatic carbocycles. The third-order valence-electron chi connectivity index (χ3n) is 3.39. The number of carboxylic acid groups (broad SMARTS) is 1. The molecule has 2 aromatic rings. The van der Waals surface area contributed by atoms with Crippen LogP contribution >= 0.6 is 11.6 Å². The first kappa shape index (κ1) is 16.1. The van der Waals surface area contributed by atoms with Gasteiger partial charge in [-0.05, 0) is 43.7 Å². The molecule has 0 aliphatic heterocycles. The third-order valence-corrected chi connectivity index (χ3v) is 3.64. The molecular formula is C16H17ClN2O3. The summed E-state index contributed by atoms with van der Waals surface area (Å²) in [5.74, 6) is -1.28. The summed E-state index contributed by atoms with van der Waals surface area (Å²) < 4.78 is 1.79. The van der Waals surface area contributed by atoms with Crippen LogP contribution in [-0.2, 0) is 17.8 Å². The number of carbonyl (C=O) groups is 2. The van der Waals surface area contributed by atoms with E-state index in [2.05, 4.69) is 5.32 Å². The molecule has 0 atom stereocenters. The van der Waals surface area contributed by atoms with Crippen molar-refractivity contribution >= 4 is 29.2 Å². The predicted octanol–water partition coefficient (Wildman–Crippen LogP) is 3.35. The van der Waals surface area contributed by atoms with Crippen molar-refractivity contribution in [2.45, 2.75) is 26.8 Å². The summed E-state index contributed by atoms with van der Waals surface area (Å²) in [7, 11) is 0. The second-order valence-corrected chi connectivity index (χ2v) is 5.39. The van der Waals surface area contributed by atoms with E-state index in [1.165, 1.54) is 0 Å².